The summed E-state index contributed by atoms with van der Waals surface area (Å²) in [4.78, 5) is 10.7. The van der Waals surface area contributed by atoms with Crippen LogP contribution in [0.4, 0.5) is 0 Å². The summed E-state index contributed by atoms with van der Waals surface area (Å²) in [5, 5.41) is 20.4. The number of unbranched alkanes of at least 4 members (excludes halogenated alkanes) is 2. The first-order chi connectivity index (χ1) is 16.7. The molecule has 2 fully saturated rings. The van der Waals surface area contributed by atoms with Crippen LogP contribution < -0.4 is 0 Å². The third-order valence-corrected chi connectivity index (χ3v) is 7.51. The van der Waals surface area contributed by atoms with Crippen molar-refractivity contribution in [1.29, 1.82) is 0 Å². The second-order valence-electron chi connectivity index (χ2n) is 11.3. The molecule has 6 heteroatoms. The molecule has 0 aromatic heterocycles. The Hall–Kier alpha value is -1.37. The monoisotopic (exact) mass is 494 g/mol. The van der Waals surface area contributed by atoms with E-state index in [-0.39, 0.29) is 30.1 Å². The Morgan fingerprint density at radius 3 is 2.66 bits per heavy atom. The predicted octanol–water partition coefficient (Wildman–Crippen LogP) is 6.77. The standard InChI is InChI=1S/C29H50O6/c1-5-6-17-28(2,3)22-23(35-27-16-10-12-20-34-27)21-25(33-4)24-14-13-19-29(24,32)18-11-8-7-9-15-26(30)31/h8,11,21,24-25,27,32H,5-7,9-10,12-20,22H2,1-4H3,(H,30,31)/t24-,25?,27?,29+/m0/s1. The lowest BCUT2D eigenvalue weighted by Gasteiger charge is -2.35. The number of allylic oxidation sites excluding steroid dienone is 2. The van der Waals surface area contributed by atoms with Crippen LogP contribution in [0.3, 0.4) is 0 Å². The highest BCUT2D eigenvalue weighted by molar-refractivity contribution is 5.66. The number of carbonyl (C=O) groups is 1. The van der Waals surface area contributed by atoms with E-state index in [1.807, 2.05) is 12.2 Å². The minimum Gasteiger partial charge on any atom is -0.481 e. The average Bonchev–Trinajstić information content (AvgIpc) is 3.20. The predicted molar refractivity (Wildman–Crippen MR) is 139 cm³/mol. The van der Waals surface area contributed by atoms with Gasteiger partial charge in [0.2, 0.25) is 0 Å². The highest BCUT2D eigenvalue weighted by Crippen LogP contribution is 2.43. The second kappa shape index (κ2) is 15.0. The number of methoxy groups -OCH3 is 1. The number of carboxylic acids is 1. The number of rotatable bonds is 16. The van der Waals surface area contributed by atoms with Gasteiger partial charge in [0, 0.05) is 32.3 Å². The van der Waals surface area contributed by atoms with Crippen LogP contribution in [0, 0.1) is 11.3 Å². The molecule has 0 bridgehead atoms. The largest absolute Gasteiger partial charge is 0.481 e. The van der Waals surface area contributed by atoms with E-state index in [4.69, 9.17) is 19.3 Å². The Bertz CT molecular complexity index is 679. The van der Waals surface area contributed by atoms with E-state index >= 15 is 0 Å². The van der Waals surface area contributed by atoms with Gasteiger partial charge in [0.15, 0.2) is 6.29 Å². The molecular formula is C29H50O6. The molecule has 2 unspecified atom stereocenters. The van der Waals surface area contributed by atoms with Crippen LogP contribution in [-0.2, 0) is 19.0 Å². The molecule has 0 aromatic rings. The Labute approximate surface area is 213 Å². The van der Waals surface area contributed by atoms with Crippen molar-refractivity contribution >= 4 is 5.97 Å². The third-order valence-electron chi connectivity index (χ3n) is 7.51. The van der Waals surface area contributed by atoms with Gasteiger partial charge in [-0.2, -0.15) is 0 Å². The maximum atomic E-state index is 11.6. The van der Waals surface area contributed by atoms with E-state index in [0.29, 0.717) is 19.3 Å². The summed E-state index contributed by atoms with van der Waals surface area (Å²) in [5.41, 5.74) is -0.718. The van der Waals surface area contributed by atoms with Gasteiger partial charge in [-0.3, -0.25) is 4.79 Å². The van der Waals surface area contributed by atoms with Crippen LogP contribution in [-0.4, -0.2) is 47.9 Å². The van der Waals surface area contributed by atoms with Gasteiger partial charge < -0.3 is 24.4 Å². The van der Waals surface area contributed by atoms with Gasteiger partial charge in [-0.05, 0) is 62.9 Å². The number of ether oxygens (including phenoxy) is 3. The Morgan fingerprint density at radius 1 is 1.20 bits per heavy atom. The first kappa shape index (κ1) is 29.9. The summed E-state index contributed by atoms with van der Waals surface area (Å²) >= 11 is 0. The zero-order valence-corrected chi connectivity index (χ0v) is 22.6. The molecule has 2 N–H and O–H groups in total. The lowest BCUT2D eigenvalue weighted by atomic mass is 9.81. The molecule has 202 valence electrons. The van der Waals surface area contributed by atoms with E-state index in [1.54, 1.807) is 7.11 Å². The average molecular weight is 495 g/mol. The molecule has 1 aliphatic carbocycles. The Morgan fingerprint density at radius 2 is 2.00 bits per heavy atom. The number of aliphatic carboxylic acids is 1. The van der Waals surface area contributed by atoms with Gasteiger partial charge in [-0.25, -0.2) is 0 Å². The maximum absolute atomic E-state index is 11.6. The summed E-state index contributed by atoms with van der Waals surface area (Å²) in [6, 6.07) is 0. The van der Waals surface area contributed by atoms with Crippen molar-refractivity contribution in [2.75, 3.05) is 13.7 Å². The fourth-order valence-corrected chi connectivity index (χ4v) is 5.44. The quantitative estimate of drug-likeness (QED) is 0.140. The zero-order chi connectivity index (χ0) is 25.7. The van der Waals surface area contributed by atoms with Crippen LogP contribution >= 0.6 is 0 Å². The lowest BCUT2D eigenvalue weighted by molar-refractivity contribution is -0.143. The minimum atomic E-state index is -0.829. The van der Waals surface area contributed by atoms with Crippen molar-refractivity contribution in [2.45, 2.75) is 129 Å². The van der Waals surface area contributed by atoms with Gasteiger partial charge in [0.1, 0.15) is 0 Å². The van der Waals surface area contributed by atoms with Crippen LogP contribution in [0.15, 0.2) is 24.0 Å². The molecule has 2 aliphatic rings. The number of carboxylic acid groups (broad SMARTS) is 1. The molecule has 6 nitrogen and oxygen atoms in total. The highest BCUT2D eigenvalue weighted by atomic mass is 16.7. The Kier molecular flexibility index (Phi) is 12.8. The van der Waals surface area contributed by atoms with E-state index in [9.17, 15) is 9.90 Å². The topological polar surface area (TPSA) is 85.2 Å². The number of hydrogen-bond donors (Lipinski definition) is 2. The van der Waals surface area contributed by atoms with E-state index in [1.165, 1.54) is 12.8 Å². The van der Waals surface area contributed by atoms with E-state index in [2.05, 4.69) is 26.8 Å². The fourth-order valence-electron chi connectivity index (χ4n) is 5.44. The fraction of sp³-hybridized carbons (Fsp3) is 0.828. The molecular weight excluding hydrogens is 444 g/mol. The smallest absolute Gasteiger partial charge is 0.303 e. The third kappa shape index (κ3) is 10.6. The minimum absolute atomic E-state index is 0.0132. The molecule has 1 saturated carbocycles. The van der Waals surface area contributed by atoms with Gasteiger partial charge in [0.25, 0.3) is 0 Å². The van der Waals surface area contributed by atoms with Crippen molar-refractivity contribution in [3.05, 3.63) is 24.0 Å². The van der Waals surface area contributed by atoms with Gasteiger partial charge >= 0.3 is 5.97 Å². The molecule has 0 spiro atoms. The maximum Gasteiger partial charge on any atom is 0.303 e. The Balaban J connectivity index is 2.13. The molecule has 1 aliphatic heterocycles. The second-order valence-corrected chi connectivity index (χ2v) is 11.3. The SMILES string of the molecule is CCCCC(C)(C)CC(=CC(OC)[C@@H]1CCC[C@]1(O)CC=CCCCC(=O)O)OC1CCCCO1. The van der Waals surface area contributed by atoms with Crippen LogP contribution in [0.25, 0.3) is 0 Å². The zero-order valence-electron chi connectivity index (χ0n) is 22.6. The summed E-state index contributed by atoms with van der Waals surface area (Å²) in [7, 11) is 1.72. The van der Waals surface area contributed by atoms with Crippen molar-refractivity contribution in [1.82, 2.24) is 0 Å². The summed E-state index contributed by atoms with van der Waals surface area (Å²) in [6.07, 6.45) is 17.8. The van der Waals surface area contributed by atoms with Gasteiger partial charge in [0.05, 0.1) is 24.1 Å². The molecule has 35 heavy (non-hydrogen) atoms. The first-order valence-corrected chi connectivity index (χ1v) is 13.8. The van der Waals surface area contributed by atoms with Crippen LogP contribution in [0.2, 0.25) is 0 Å². The highest BCUT2D eigenvalue weighted by Gasteiger charge is 2.44. The van der Waals surface area contributed by atoms with Gasteiger partial charge in [-0.1, -0.05) is 52.2 Å². The first-order valence-electron chi connectivity index (χ1n) is 13.8. The van der Waals surface area contributed by atoms with E-state index in [0.717, 1.165) is 63.7 Å². The van der Waals surface area contributed by atoms with E-state index < -0.39 is 11.6 Å². The lowest BCUT2D eigenvalue weighted by Crippen LogP contribution is -2.40. The normalized spacial score (nSPS) is 26.8. The van der Waals surface area contributed by atoms with Gasteiger partial charge in [-0.15, -0.1) is 0 Å². The summed E-state index contributed by atoms with van der Waals surface area (Å²) in [6.45, 7) is 7.56. The molecule has 1 saturated heterocycles. The molecule has 4 atom stereocenters. The molecule has 2 rings (SSSR count). The molecule has 0 aromatic carbocycles. The van der Waals surface area contributed by atoms with Crippen molar-refractivity contribution in [3.63, 3.8) is 0 Å². The number of aliphatic hydroxyl groups is 1. The molecule has 0 radical (unpaired) electrons. The molecule has 1 heterocycles. The molecule has 0 amide bonds. The van der Waals surface area contributed by atoms with Crippen molar-refractivity contribution in [2.24, 2.45) is 11.3 Å². The number of hydrogen-bond acceptors (Lipinski definition) is 5. The van der Waals surface area contributed by atoms with Crippen LogP contribution in [0.5, 0.6) is 0 Å². The van der Waals surface area contributed by atoms with Crippen molar-refractivity contribution in [3.8, 4) is 0 Å². The van der Waals surface area contributed by atoms with Crippen molar-refractivity contribution < 1.29 is 29.2 Å². The van der Waals surface area contributed by atoms with Crippen LogP contribution in [0.1, 0.15) is 111 Å². The summed E-state index contributed by atoms with van der Waals surface area (Å²) in [5.74, 6) is 0.140. The summed E-state index contributed by atoms with van der Waals surface area (Å²) < 4.78 is 18.3.